The summed E-state index contributed by atoms with van der Waals surface area (Å²) in [7, 11) is 2.03. The molecule has 0 saturated heterocycles. The van der Waals surface area contributed by atoms with E-state index in [2.05, 4.69) is 56.7 Å². The average Bonchev–Trinajstić information content (AvgIpc) is 2.65. The van der Waals surface area contributed by atoms with Crippen LogP contribution in [0.5, 0.6) is 11.5 Å². The molecule has 2 heterocycles. The van der Waals surface area contributed by atoms with Gasteiger partial charge < -0.3 is 4.74 Å². The number of pyridine rings is 1. The van der Waals surface area contributed by atoms with Gasteiger partial charge in [-0.05, 0) is 66.1 Å². The molecule has 1 aliphatic heterocycles. The molecule has 0 aliphatic carbocycles. The van der Waals surface area contributed by atoms with E-state index in [1.807, 2.05) is 13.1 Å². The summed E-state index contributed by atoms with van der Waals surface area (Å²) in [6.07, 6.45) is 2.05. The van der Waals surface area contributed by atoms with Gasteiger partial charge in [-0.15, -0.1) is 0 Å². The van der Waals surface area contributed by atoms with Crippen LogP contribution < -0.4 is 9.30 Å². The van der Waals surface area contributed by atoms with Crippen LogP contribution >= 0.6 is 0 Å². The molecule has 1 aromatic heterocycles. The molecule has 5 rings (SSSR count). The number of rotatable bonds is 1. The molecule has 28 heavy (non-hydrogen) atoms. The summed E-state index contributed by atoms with van der Waals surface area (Å²) < 4.78 is 22.7. The molecule has 2 nitrogen and oxygen atoms in total. The Morgan fingerprint density at radius 2 is 1.79 bits per heavy atom. The van der Waals surface area contributed by atoms with Gasteiger partial charge in [-0.2, -0.15) is 4.57 Å². The van der Waals surface area contributed by atoms with Crippen molar-refractivity contribution in [2.24, 2.45) is 7.05 Å². The lowest BCUT2D eigenvalue weighted by atomic mass is 9.88. The minimum Gasteiger partial charge on any atom is -0.449 e. The normalized spacial score (nSPS) is 12.5. The molecule has 3 aromatic carbocycles. The number of fused-ring (bicyclic) bond motifs is 4. The molecule has 0 amide bonds. The predicted molar refractivity (Wildman–Crippen MR) is 112 cm³/mol. The predicted octanol–water partition coefficient (Wildman–Crippen LogP) is 6.47. The number of aromatic nitrogens is 1. The van der Waals surface area contributed by atoms with Gasteiger partial charge in [0.1, 0.15) is 18.6 Å². The Balaban J connectivity index is 1.99. The lowest BCUT2D eigenvalue weighted by Crippen LogP contribution is -2.32. The molecule has 3 heteroatoms. The molecule has 0 atom stereocenters. The Morgan fingerprint density at radius 1 is 1.00 bits per heavy atom. The molecular weight excluding hydrogens is 349 g/mol. The Bertz CT molecular complexity index is 1300. The average molecular weight is 372 g/mol. The second kappa shape index (κ2) is 5.78. The number of hydrogen-bond acceptors (Lipinski definition) is 1. The van der Waals surface area contributed by atoms with E-state index in [0.29, 0.717) is 5.92 Å². The first-order valence-electron chi connectivity index (χ1n) is 9.73. The van der Waals surface area contributed by atoms with Gasteiger partial charge in [0.25, 0.3) is 5.69 Å². The summed E-state index contributed by atoms with van der Waals surface area (Å²) in [6.45, 7) is 8.70. The number of aryl methyl sites for hydroxylation is 2. The van der Waals surface area contributed by atoms with Crippen LogP contribution in [0.15, 0.2) is 42.6 Å². The summed E-state index contributed by atoms with van der Waals surface area (Å²) in [5, 5.41) is 4.12. The third-order valence-electron chi connectivity index (χ3n) is 6.02. The van der Waals surface area contributed by atoms with E-state index in [1.54, 1.807) is 6.07 Å². The summed E-state index contributed by atoms with van der Waals surface area (Å²) in [6, 6.07) is 11.6. The zero-order valence-electron chi connectivity index (χ0n) is 16.9. The molecule has 0 fully saturated rings. The number of nitrogens with zero attached hydrogens (tertiary/aromatic N) is 1. The second-order valence-corrected chi connectivity index (χ2v) is 8.22. The van der Waals surface area contributed by atoms with Crippen LogP contribution in [-0.4, -0.2) is 0 Å². The molecule has 0 bridgehead atoms. The van der Waals surface area contributed by atoms with E-state index in [4.69, 9.17) is 4.74 Å². The van der Waals surface area contributed by atoms with E-state index >= 15 is 0 Å². The van der Waals surface area contributed by atoms with Crippen molar-refractivity contribution in [3.8, 4) is 22.8 Å². The maximum absolute atomic E-state index is 14.1. The van der Waals surface area contributed by atoms with Gasteiger partial charge in [0, 0.05) is 16.2 Å². The topological polar surface area (TPSA) is 13.1 Å². The van der Waals surface area contributed by atoms with Gasteiger partial charge in [-0.3, -0.25) is 0 Å². The van der Waals surface area contributed by atoms with Crippen molar-refractivity contribution in [1.82, 2.24) is 0 Å². The first kappa shape index (κ1) is 17.2. The first-order valence-corrected chi connectivity index (χ1v) is 9.73. The Kier molecular flexibility index (Phi) is 3.54. The van der Waals surface area contributed by atoms with Gasteiger partial charge >= 0.3 is 0 Å². The smallest absolute Gasteiger partial charge is 0.257 e. The van der Waals surface area contributed by atoms with E-state index in [0.717, 1.165) is 33.4 Å². The maximum Gasteiger partial charge on any atom is 0.257 e. The van der Waals surface area contributed by atoms with Crippen LogP contribution in [0.4, 0.5) is 4.39 Å². The van der Waals surface area contributed by atoms with Crippen LogP contribution in [0, 0.1) is 19.7 Å². The molecule has 0 unspecified atom stereocenters. The Morgan fingerprint density at radius 3 is 2.54 bits per heavy atom. The van der Waals surface area contributed by atoms with E-state index in [-0.39, 0.29) is 5.82 Å². The van der Waals surface area contributed by atoms with Crippen LogP contribution in [-0.2, 0) is 7.05 Å². The standard InChI is InChI=1S/C25H23FNO/c1-13(2)17-9-18-8-14(3)15(4)22-23(18)21(10-17)28-25-20-11-19(26)7-6-16(20)12-27(5)24(22)25/h6-13H,1-5H3/q+1. The fourth-order valence-corrected chi connectivity index (χ4v) is 4.38. The van der Waals surface area contributed by atoms with E-state index in [1.165, 1.54) is 33.7 Å². The summed E-state index contributed by atoms with van der Waals surface area (Å²) in [4.78, 5) is 0. The number of ether oxygens (including phenoxy) is 1. The summed E-state index contributed by atoms with van der Waals surface area (Å²) in [5.74, 6) is 1.75. The SMILES string of the molecule is Cc1cc2cc(C(C)C)cc3c2c(c1C)-c1c(c2cc(F)ccc2c[n+]1C)O3. The van der Waals surface area contributed by atoms with Crippen molar-refractivity contribution in [3.05, 3.63) is 65.1 Å². The zero-order valence-corrected chi connectivity index (χ0v) is 16.9. The van der Waals surface area contributed by atoms with E-state index < -0.39 is 0 Å². The minimum atomic E-state index is -0.250. The van der Waals surface area contributed by atoms with Crippen LogP contribution in [0.25, 0.3) is 32.8 Å². The van der Waals surface area contributed by atoms with Crippen molar-refractivity contribution in [2.45, 2.75) is 33.6 Å². The molecule has 4 aromatic rings. The fraction of sp³-hybridized carbons (Fsp3) is 0.240. The molecule has 0 spiro atoms. The van der Waals surface area contributed by atoms with Gasteiger partial charge in [0.15, 0.2) is 6.20 Å². The Hall–Kier alpha value is -2.94. The lowest BCUT2D eigenvalue weighted by Gasteiger charge is -2.24. The van der Waals surface area contributed by atoms with Gasteiger partial charge in [0.2, 0.25) is 5.75 Å². The molecule has 1 aliphatic rings. The molecule has 0 radical (unpaired) electrons. The third kappa shape index (κ3) is 2.29. The van der Waals surface area contributed by atoms with Crippen molar-refractivity contribution in [3.63, 3.8) is 0 Å². The van der Waals surface area contributed by atoms with Crippen LogP contribution in [0.3, 0.4) is 0 Å². The van der Waals surface area contributed by atoms with Crippen molar-refractivity contribution >= 4 is 21.5 Å². The van der Waals surface area contributed by atoms with Gasteiger partial charge in [-0.1, -0.05) is 26.0 Å². The van der Waals surface area contributed by atoms with Crippen molar-refractivity contribution in [2.75, 3.05) is 0 Å². The highest BCUT2D eigenvalue weighted by Crippen LogP contribution is 2.50. The zero-order chi connectivity index (χ0) is 19.7. The van der Waals surface area contributed by atoms with Crippen molar-refractivity contribution < 1.29 is 13.7 Å². The van der Waals surface area contributed by atoms with E-state index in [9.17, 15) is 4.39 Å². The summed E-state index contributed by atoms with van der Waals surface area (Å²) >= 11 is 0. The monoisotopic (exact) mass is 372 g/mol. The molecule has 0 N–H and O–H groups in total. The largest absolute Gasteiger partial charge is 0.449 e. The third-order valence-corrected chi connectivity index (χ3v) is 6.02. The first-order chi connectivity index (χ1) is 13.3. The highest BCUT2D eigenvalue weighted by molar-refractivity contribution is 6.07. The fourth-order valence-electron chi connectivity index (χ4n) is 4.38. The van der Waals surface area contributed by atoms with Gasteiger partial charge in [0.05, 0.1) is 5.56 Å². The molecule has 0 saturated carbocycles. The summed E-state index contributed by atoms with van der Waals surface area (Å²) in [5.41, 5.74) is 5.93. The van der Waals surface area contributed by atoms with Crippen LogP contribution in [0.2, 0.25) is 0 Å². The second-order valence-electron chi connectivity index (χ2n) is 8.22. The molecular formula is C25H23FNO+. The lowest BCUT2D eigenvalue weighted by molar-refractivity contribution is -0.659. The maximum atomic E-state index is 14.1. The Labute approximate surface area is 164 Å². The highest BCUT2D eigenvalue weighted by Gasteiger charge is 2.32. The number of halogens is 1. The minimum absolute atomic E-state index is 0.250. The van der Waals surface area contributed by atoms with Crippen molar-refractivity contribution in [1.29, 1.82) is 0 Å². The highest BCUT2D eigenvalue weighted by atomic mass is 19.1. The number of benzene rings is 3. The number of hydrogen-bond donors (Lipinski definition) is 0. The quantitative estimate of drug-likeness (QED) is 0.307. The van der Waals surface area contributed by atoms with Gasteiger partial charge in [-0.25, -0.2) is 4.39 Å². The molecule has 140 valence electrons. The van der Waals surface area contributed by atoms with Crippen LogP contribution in [0.1, 0.15) is 36.5 Å².